The van der Waals surface area contributed by atoms with Gasteiger partial charge in [-0.25, -0.2) is 4.79 Å². The van der Waals surface area contributed by atoms with E-state index in [9.17, 15) is 27.6 Å². The van der Waals surface area contributed by atoms with Crippen molar-refractivity contribution in [1.29, 1.82) is 0 Å². The topological polar surface area (TPSA) is 78.9 Å². The van der Waals surface area contributed by atoms with Crippen LogP contribution in [0.5, 0.6) is 0 Å². The highest BCUT2D eigenvalue weighted by Crippen LogP contribution is 2.43. The van der Waals surface area contributed by atoms with Gasteiger partial charge in [0.2, 0.25) is 0 Å². The molecule has 1 aromatic carbocycles. The number of carbonyl (C=O) groups excluding carboxylic acids is 3. The van der Waals surface area contributed by atoms with Crippen molar-refractivity contribution in [3.05, 3.63) is 59.7 Å². The second-order valence-electron chi connectivity index (χ2n) is 11.0. The molecule has 9 heteroatoms. The number of allylic oxidation sites excluding steroid dienone is 3. The summed E-state index contributed by atoms with van der Waals surface area (Å²) in [6, 6.07) is 6.41. The van der Waals surface area contributed by atoms with Crippen LogP contribution in [0.2, 0.25) is 0 Å². The van der Waals surface area contributed by atoms with Crippen molar-refractivity contribution in [3.8, 4) is 0 Å². The molecular formula is C28H35F3O6. The van der Waals surface area contributed by atoms with Crippen LogP contribution in [-0.2, 0) is 34.2 Å². The van der Waals surface area contributed by atoms with Gasteiger partial charge in [0.15, 0.2) is 11.9 Å². The summed E-state index contributed by atoms with van der Waals surface area (Å²) in [7, 11) is 0.768. The minimum Gasteiger partial charge on any atom is -0.461 e. The molecular weight excluding hydrogens is 489 g/mol. The van der Waals surface area contributed by atoms with Gasteiger partial charge in [-0.2, -0.15) is 13.2 Å². The van der Waals surface area contributed by atoms with Crippen LogP contribution in [0.3, 0.4) is 0 Å². The van der Waals surface area contributed by atoms with Gasteiger partial charge < -0.3 is 14.2 Å². The number of carbonyl (C=O) groups is 3. The van der Waals surface area contributed by atoms with E-state index < -0.39 is 58.7 Å². The molecule has 0 amide bonds. The normalized spacial score (nSPS) is 20.6. The lowest BCUT2D eigenvalue weighted by Gasteiger charge is -2.35. The van der Waals surface area contributed by atoms with E-state index in [0.29, 0.717) is 6.42 Å². The minimum absolute atomic E-state index is 0.174. The van der Waals surface area contributed by atoms with Crippen LogP contribution < -0.4 is 0 Å². The Morgan fingerprint density at radius 2 is 1.70 bits per heavy atom. The Morgan fingerprint density at radius 3 is 2.19 bits per heavy atom. The Bertz CT molecular complexity index is 1050. The highest BCUT2D eigenvalue weighted by Gasteiger charge is 2.64. The van der Waals surface area contributed by atoms with Crippen molar-refractivity contribution in [2.24, 2.45) is 16.7 Å². The molecule has 2 rings (SSSR count). The second kappa shape index (κ2) is 11.2. The molecule has 1 aliphatic carbocycles. The minimum atomic E-state index is -5.17. The average Bonchev–Trinajstić information content (AvgIpc) is 2.75. The zero-order valence-corrected chi connectivity index (χ0v) is 22.3. The maximum absolute atomic E-state index is 14.3. The molecule has 0 saturated carbocycles. The highest BCUT2D eigenvalue weighted by molar-refractivity contribution is 5.95. The third-order valence-electron chi connectivity index (χ3n) is 6.21. The molecule has 0 bridgehead atoms. The van der Waals surface area contributed by atoms with Gasteiger partial charge in [-0.15, -0.1) is 0 Å². The molecule has 0 spiro atoms. The zero-order chi connectivity index (χ0) is 28.2. The maximum atomic E-state index is 14.3. The quantitative estimate of drug-likeness (QED) is 0.320. The first-order valence-electron chi connectivity index (χ1n) is 11.9. The van der Waals surface area contributed by atoms with E-state index in [1.165, 1.54) is 36.4 Å². The first-order chi connectivity index (χ1) is 17.0. The van der Waals surface area contributed by atoms with Gasteiger partial charge in [-0.3, -0.25) is 9.59 Å². The lowest BCUT2D eigenvalue weighted by atomic mass is 9.68. The van der Waals surface area contributed by atoms with Crippen molar-refractivity contribution in [2.75, 3.05) is 13.7 Å². The summed E-state index contributed by atoms with van der Waals surface area (Å²) in [4.78, 5) is 38.2. The third-order valence-corrected chi connectivity index (χ3v) is 6.21. The maximum Gasteiger partial charge on any atom is 0.432 e. The van der Waals surface area contributed by atoms with Crippen LogP contribution in [-0.4, -0.2) is 43.7 Å². The monoisotopic (exact) mass is 524 g/mol. The van der Waals surface area contributed by atoms with E-state index >= 15 is 0 Å². The summed E-state index contributed by atoms with van der Waals surface area (Å²) in [6.07, 6.45) is -1.62. The van der Waals surface area contributed by atoms with Crippen molar-refractivity contribution in [3.63, 3.8) is 0 Å². The summed E-state index contributed by atoms with van der Waals surface area (Å²) in [6.45, 7) is 9.93. The molecule has 0 heterocycles. The van der Waals surface area contributed by atoms with Crippen molar-refractivity contribution in [1.82, 2.24) is 0 Å². The van der Waals surface area contributed by atoms with Crippen LogP contribution in [0.4, 0.5) is 13.2 Å². The number of methoxy groups -OCH3 is 1. The number of ether oxygens (including phenoxy) is 3. The number of rotatable bonds is 8. The number of esters is 2. The van der Waals surface area contributed by atoms with E-state index in [4.69, 9.17) is 14.2 Å². The van der Waals surface area contributed by atoms with Crippen LogP contribution in [0, 0.1) is 16.7 Å². The molecule has 1 aliphatic rings. The fraction of sp³-hybridized carbons (Fsp3) is 0.536. The van der Waals surface area contributed by atoms with Crippen molar-refractivity contribution >= 4 is 17.7 Å². The van der Waals surface area contributed by atoms with E-state index in [2.05, 4.69) is 0 Å². The predicted molar refractivity (Wildman–Crippen MR) is 131 cm³/mol. The third kappa shape index (κ3) is 6.89. The van der Waals surface area contributed by atoms with Gasteiger partial charge in [0, 0.05) is 18.6 Å². The van der Waals surface area contributed by atoms with Crippen molar-refractivity contribution < 1.29 is 41.8 Å². The van der Waals surface area contributed by atoms with E-state index in [1.54, 1.807) is 20.8 Å². The van der Waals surface area contributed by atoms with Gasteiger partial charge >= 0.3 is 18.1 Å². The van der Waals surface area contributed by atoms with Crippen LogP contribution in [0.15, 0.2) is 54.1 Å². The van der Waals surface area contributed by atoms with Crippen LogP contribution in [0.1, 0.15) is 53.5 Å². The number of benzene rings is 1. The van der Waals surface area contributed by atoms with Crippen LogP contribution in [0.25, 0.3) is 0 Å². The number of hydrogen-bond acceptors (Lipinski definition) is 6. The molecule has 0 fully saturated rings. The van der Waals surface area contributed by atoms with E-state index in [1.807, 2.05) is 20.8 Å². The Balaban J connectivity index is 2.45. The standard InChI is InChI=1S/C28H35F3O6/c1-18-15-22(32)21(26(5,6)16-18)14-13-20(17-36-23(33)25(2,3)4)37-24(34)27(35-7,28(29,30)31)19-11-9-8-10-12-19/h8-15,20-21H,16-17H2,1-7H3/b14-13+/t20-,21?,27?/m0/s1. The second-order valence-corrected chi connectivity index (χ2v) is 11.0. The summed E-state index contributed by atoms with van der Waals surface area (Å²) in [5.74, 6) is -3.14. The van der Waals surface area contributed by atoms with Gasteiger partial charge in [0.1, 0.15) is 6.61 Å². The Morgan fingerprint density at radius 1 is 1.11 bits per heavy atom. The molecule has 37 heavy (non-hydrogen) atoms. The molecule has 3 atom stereocenters. The number of halogens is 3. The molecule has 0 N–H and O–H groups in total. The van der Waals surface area contributed by atoms with Crippen molar-refractivity contribution in [2.45, 2.75) is 65.8 Å². The van der Waals surface area contributed by atoms with E-state index in [0.717, 1.165) is 24.8 Å². The molecule has 6 nitrogen and oxygen atoms in total. The summed E-state index contributed by atoms with van der Waals surface area (Å²) in [5.41, 5.74) is -4.33. The number of ketones is 1. The van der Waals surface area contributed by atoms with Crippen LogP contribution >= 0.6 is 0 Å². The molecule has 0 aliphatic heterocycles. The SMILES string of the molecule is COC(C(=O)O[C@@H](/C=C/C1C(=O)C=C(C)CC1(C)C)COC(=O)C(C)(C)C)(c1ccccc1)C(F)(F)F. The number of hydrogen-bond donors (Lipinski definition) is 0. The first-order valence-corrected chi connectivity index (χ1v) is 11.9. The fourth-order valence-corrected chi connectivity index (χ4v) is 4.30. The number of alkyl halides is 3. The smallest absolute Gasteiger partial charge is 0.432 e. The van der Waals surface area contributed by atoms with Gasteiger partial charge in [0.25, 0.3) is 5.60 Å². The molecule has 204 valence electrons. The molecule has 1 aromatic rings. The molecule has 0 aromatic heterocycles. The largest absolute Gasteiger partial charge is 0.461 e. The fourth-order valence-electron chi connectivity index (χ4n) is 4.30. The zero-order valence-electron chi connectivity index (χ0n) is 22.3. The van der Waals surface area contributed by atoms with Gasteiger partial charge in [-0.05, 0) is 51.7 Å². The summed E-state index contributed by atoms with van der Waals surface area (Å²) in [5, 5.41) is 0. The first kappa shape index (κ1) is 30.3. The lowest BCUT2D eigenvalue weighted by Crippen LogP contribution is -2.52. The summed E-state index contributed by atoms with van der Waals surface area (Å²) >= 11 is 0. The highest BCUT2D eigenvalue weighted by atomic mass is 19.4. The Hall–Kier alpha value is -2.94. The molecule has 2 unspecified atom stereocenters. The molecule has 0 radical (unpaired) electrons. The predicted octanol–water partition coefficient (Wildman–Crippen LogP) is 5.71. The van der Waals surface area contributed by atoms with Gasteiger partial charge in [0.05, 0.1) is 5.41 Å². The molecule has 0 saturated heterocycles. The van der Waals surface area contributed by atoms with E-state index in [-0.39, 0.29) is 5.78 Å². The summed E-state index contributed by atoms with van der Waals surface area (Å²) < 4.78 is 58.3. The van der Waals surface area contributed by atoms with Gasteiger partial charge in [-0.1, -0.05) is 55.8 Å². The Kier molecular flexibility index (Phi) is 9.17. The Labute approximate surface area is 215 Å². The average molecular weight is 525 g/mol. The lowest BCUT2D eigenvalue weighted by molar-refractivity contribution is -0.278.